The predicted molar refractivity (Wildman–Crippen MR) is 57.8 cm³/mol. The van der Waals surface area contributed by atoms with Crippen LogP contribution in [0, 0.1) is 0 Å². The Bertz CT molecular complexity index is 588. The van der Waals surface area contributed by atoms with Crippen LogP contribution in [0.2, 0.25) is 0 Å². The quantitative estimate of drug-likeness (QED) is 0.501. The number of aromatic nitrogens is 3. The Labute approximate surface area is 90.5 Å². The van der Waals surface area contributed by atoms with Crippen molar-refractivity contribution < 1.29 is 0 Å². The minimum absolute atomic E-state index is 0.185. The van der Waals surface area contributed by atoms with Gasteiger partial charge in [0.15, 0.2) is 0 Å². The third kappa shape index (κ3) is 1.98. The van der Waals surface area contributed by atoms with E-state index in [0.29, 0.717) is 5.69 Å². The van der Waals surface area contributed by atoms with Gasteiger partial charge in [0.25, 0.3) is 5.43 Å². The summed E-state index contributed by atoms with van der Waals surface area (Å²) in [5.41, 5.74) is -0.724. The zero-order valence-electron chi connectivity index (χ0n) is 8.20. The van der Waals surface area contributed by atoms with Gasteiger partial charge in [-0.05, 0) is 18.2 Å². The third-order valence-corrected chi connectivity index (χ3v) is 1.88. The largest absolute Gasteiger partial charge is 0.320 e. The van der Waals surface area contributed by atoms with E-state index >= 15 is 0 Å². The summed E-state index contributed by atoms with van der Waals surface area (Å²) in [7, 11) is 0. The molecule has 0 radical (unpaired) electrons. The monoisotopic (exact) mass is 213 g/mol. The normalized spacial score (nSPS) is 9.75. The molecule has 0 aromatic carbocycles. The number of hydrogen-bond acceptors (Lipinski definition) is 5. The molecule has 3 heterocycles. The molecule has 0 saturated heterocycles. The zero-order chi connectivity index (χ0) is 11.4. The number of rotatable bonds is 0. The van der Waals surface area contributed by atoms with Crippen molar-refractivity contribution in [2.75, 3.05) is 0 Å². The van der Waals surface area contributed by atoms with Gasteiger partial charge in [-0.2, -0.15) is 0 Å². The van der Waals surface area contributed by atoms with Gasteiger partial charge in [-0.1, -0.05) is 6.07 Å². The molecule has 0 saturated carbocycles. The van der Waals surface area contributed by atoms with Crippen LogP contribution >= 0.6 is 0 Å². The number of nitrogens with zero attached hydrogens (tertiary/aromatic N) is 3. The Morgan fingerprint density at radius 3 is 2.19 bits per heavy atom. The first kappa shape index (κ1) is 10.1. The van der Waals surface area contributed by atoms with Crippen LogP contribution in [0.15, 0.2) is 52.4 Å². The molecular weight excluding hydrogens is 206 g/mol. The van der Waals surface area contributed by atoms with Gasteiger partial charge in [0, 0.05) is 18.6 Å². The van der Waals surface area contributed by atoms with Crippen molar-refractivity contribution in [2.45, 2.75) is 0 Å². The summed E-state index contributed by atoms with van der Waals surface area (Å²) in [6.45, 7) is 0. The van der Waals surface area contributed by atoms with Gasteiger partial charge >= 0.3 is 5.56 Å². The molecule has 1 aromatic heterocycles. The van der Waals surface area contributed by atoms with E-state index in [1.807, 2.05) is 18.2 Å². The third-order valence-electron chi connectivity index (χ3n) is 1.88. The minimum Gasteiger partial charge on any atom is -0.281 e. The van der Waals surface area contributed by atoms with E-state index in [1.165, 1.54) is 12.3 Å². The van der Waals surface area contributed by atoms with Crippen molar-refractivity contribution in [3.63, 3.8) is 0 Å². The zero-order valence-corrected chi connectivity index (χ0v) is 8.20. The van der Waals surface area contributed by atoms with Gasteiger partial charge in [0.2, 0.25) is 0 Å². The first-order chi connectivity index (χ1) is 7.79. The molecule has 0 bridgehead atoms. The Morgan fingerprint density at radius 1 is 0.938 bits per heavy atom. The fourth-order valence-electron chi connectivity index (χ4n) is 1.17. The second kappa shape index (κ2) is 4.39. The van der Waals surface area contributed by atoms with E-state index in [4.69, 9.17) is 0 Å². The second-order valence-corrected chi connectivity index (χ2v) is 2.95. The van der Waals surface area contributed by atoms with E-state index in [9.17, 15) is 9.59 Å². The topological polar surface area (TPSA) is 72.8 Å². The fraction of sp³-hybridized carbons (Fsp3) is 0. The molecule has 3 rings (SSSR count). The molecule has 2 aliphatic rings. The molecule has 1 aromatic rings. The van der Waals surface area contributed by atoms with E-state index in [1.54, 1.807) is 12.4 Å². The molecule has 0 N–H and O–H groups in total. The van der Waals surface area contributed by atoms with Crippen molar-refractivity contribution in [3.8, 4) is 11.4 Å². The number of hydrogen-bond donors (Lipinski definition) is 0. The van der Waals surface area contributed by atoms with Crippen LogP contribution in [0.4, 0.5) is 0 Å². The van der Waals surface area contributed by atoms with Crippen LogP contribution in [0.25, 0.3) is 11.4 Å². The summed E-state index contributed by atoms with van der Waals surface area (Å²) in [6.07, 6.45) is 4.96. The highest BCUT2D eigenvalue weighted by molar-refractivity contribution is 5.56. The maximum Gasteiger partial charge on any atom is 0.320 e. The van der Waals surface area contributed by atoms with Crippen molar-refractivity contribution in [2.24, 2.45) is 0 Å². The fourth-order valence-corrected chi connectivity index (χ4v) is 1.17. The first-order valence-corrected chi connectivity index (χ1v) is 4.56. The summed E-state index contributed by atoms with van der Waals surface area (Å²) in [5.74, 6) is 0. The van der Waals surface area contributed by atoms with E-state index in [-0.39, 0.29) is 5.69 Å². The van der Waals surface area contributed by atoms with Crippen molar-refractivity contribution in [1.82, 2.24) is 15.0 Å². The van der Waals surface area contributed by atoms with Gasteiger partial charge in [-0.3, -0.25) is 19.6 Å². The molecule has 0 amide bonds. The van der Waals surface area contributed by atoms with E-state index < -0.39 is 11.0 Å². The molecular formula is C11H7N3O2. The van der Waals surface area contributed by atoms with Crippen LogP contribution in [-0.4, -0.2) is 15.0 Å². The lowest BCUT2D eigenvalue weighted by Gasteiger charge is -1.72. The standard InChI is InChI=1S/C6H2N2O2.C5H5N/c9-5-4-3(1-2-7-4)8-6(5)10;1-2-4-6-5-3-1/h1-2H;1-5H. The maximum atomic E-state index is 10.8. The summed E-state index contributed by atoms with van der Waals surface area (Å²) in [4.78, 5) is 32.2. The van der Waals surface area contributed by atoms with Gasteiger partial charge in [-0.25, -0.2) is 4.98 Å². The molecule has 78 valence electrons. The van der Waals surface area contributed by atoms with E-state index in [2.05, 4.69) is 15.0 Å². The van der Waals surface area contributed by atoms with Crippen LogP contribution in [-0.2, 0) is 0 Å². The highest BCUT2D eigenvalue weighted by atomic mass is 16.2. The second-order valence-electron chi connectivity index (χ2n) is 2.95. The Morgan fingerprint density at radius 2 is 1.69 bits per heavy atom. The maximum absolute atomic E-state index is 10.8. The molecule has 0 aliphatic carbocycles. The lowest BCUT2D eigenvalue weighted by atomic mass is 10.4. The van der Waals surface area contributed by atoms with Gasteiger partial charge in [0.05, 0.1) is 5.69 Å². The molecule has 5 nitrogen and oxygen atoms in total. The van der Waals surface area contributed by atoms with Crippen molar-refractivity contribution >= 4 is 0 Å². The van der Waals surface area contributed by atoms with Crippen LogP contribution in [0.5, 0.6) is 0 Å². The molecule has 0 unspecified atom stereocenters. The molecule has 0 fully saturated rings. The molecule has 0 spiro atoms. The lowest BCUT2D eigenvalue weighted by Crippen LogP contribution is -2.19. The Hall–Kier alpha value is -2.43. The molecule has 2 aliphatic heterocycles. The summed E-state index contributed by atoms with van der Waals surface area (Å²) < 4.78 is 0. The van der Waals surface area contributed by atoms with Crippen LogP contribution < -0.4 is 11.0 Å². The number of pyridine rings is 1. The minimum atomic E-state index is -0.710. The average Bonchev–Trinajstić information content (AvgIpc) is 2.88. The molecule has 5 heteroatoms. The van der Waals surface area contributed by atoms with Gasteiger partial charge in [-0.15, -0.1) is 0 Å². The molecule has 0 atom stereocenters. The first-order valence-electron chi connectivity index (χ1n) is 4.56. The van der Waals surface area contributed by atoms with Gasteiger partial charge in [0.1, 0.15) is 5.69 Å². The summed E-state index contributed by atoms with van der Waals surface area (Å²) in [6, 6.07) is 7.26. The predicted octanol–water partition coefficient (Wildman–Crippen LogP) is 0.259. The highest BCUT2D eigenvalue weighted by Crippen LogP contribution is 2.08. The number of fused-ring (bicyclic) bond motifs is 1. The highest BCUT2D eigenvalue weighted by Gasteiger charge is 2.14. The summed E-state index contributed by atoms with van der Waals surface area (Å²) >= 11 is 0. The SMILES string of the molecule is O=c1nc2ccnc-2c1=O.c1ccncc1. The Balaban J connectivity index is 0.000000138. The van der Waals surface area contributed by atoms with Gasteiger partial charge < -0.3 is 0 Å². The smallest absolute Gasteiger partial charge is 0.281 e. The molecule has 16 heavy (non-hydrogen) atoms. The van der Waals surface area contributed by atoms with Crippen molar-refractivity contribution in [1.29, 1.82) is 0 Å². The van der Waals surface area contributed by atoms with Crippen LogP contribution in [0.3, 0.4) is 0 Å². The van der Waals surface area contributed by atoms with E-state index in [0.717, 1.165) is 0 Å². The summed E-state index contributed by atoms with van der Waals surface area (Å²) in [5, 5.41) is 0. The van der Waals surface area contributed by atoms with Crippen LogP contribution in [0.1, 0.15) is 0 Å². The van der Waals surface area contributed by atoms with Crippen molar-refractivity contribution in [3.05, 3.63) is 63.4 Å². The average molecular weight is 213 g/mol. The lowest BCUT2D eigenvalue weighted by molar-refractivity contribution is 1.30. The Kier molecular flexibility index (Phi) is 2.77.